The molecule has 1 aromatic rings. The smallest absolute Gasteiger partial charge is 0.317 e. The first-order valence-corrected chi connectivity index (χ1v) is 10.2. The van der Waals surface area contributed by atoms with E-state index in [4.69, 9.17) is 0 Å². The summed E-state index contributed by atoms with van der Waals surface area (Å²) in [4.78, 5) is 14.3. The highest BCUT2D eigenvalue weighted by molar-refractivity contribution is 7.89. The number of urea groups is 1. The number of nitrogens with zero attached hydrogens (tertiary/aromatic N) is 1. The molecule has 1 aliphatic rings. The SMILES string of the molecule is Cc1cccc(S(=O)(=O)NCC2CCN(C(=O)NC(C)(C)C)CC2)c1. The summed E-state index contributed by atoms with van der Waals surface area (Å²) >= 11 is 0. The molecule has 2 amide bonds. The number of hydrogen-bond acceptors (Lipinski definition) is 3. The highest BCUT2D eigenvalue weighted by atomic mass is 32.2. The van der Waals surface area contributed by atoms with E-state index in [-0.39, 0.29) is 17.5 Å². The Balaban J connectivity index is 1.83. The van der Waals surface area contributed by atoms with Crippen LogP contribution < -0.4 is 10.0 Å². The van der Waals surface area contributed by atoms with Gasteiger partial charge in [0.05, 0.1) is 4.90 Å². The van der Waals surface area contributed by atoms with Gasteiger partial charge in [0.15, 0.2) is 0 Å². The van der Waals surface area contributed by atoms with Crippen LogP contribution in [0.2, 0.25) is 0 Å². The van der Waals surface area contributed by atoms with Crippen LogP contribution in [-0.2, 0) is 10.0 Å². The zero-order valence-corrected chi connectivity index (χ0v) is 16.3. The van der Waals surface area contributed by atoms with Crippen molar-refractivity contribution in [2.75, 3.05) is 19.6 Å². The van der Waals surface area contributed by atoms with E-state index < -0.39 is 10.0 Å². The van der Waals surface area contributed by atoms with Crippen LogP contribution in [0.1, 0.15) is 39.2 Å². The van der Waals surface area contributed by atoms with Gasteiger partial charge in [-0.2, -0.15) is 0 Å². The summed E-state index contributed by atoms with van der Waals surface area (Å²) in [5, 5.41) is 2.96. The lowest BCUT2D eigenvalue weighted by atomic mass is 9.97. The number of aryl methyl sites for hydroxylation is 1. The summed E-state index contributed by atoms with van der Waals surface area (Å²) in [7, 11) is -3.48. The second-order valence-electron chi connectivity index (χ2n) is 7.78. The molecular weight excluding hydrogens is 338 g/mol. The second kappa shape index (κ2) is 7.74. The first-order valence-electron chi connectivity index (χ1n) is 8.70. The Hall–Kier alpha value is -1.60. The zero-order chi connectivity index (χ0) is 18.7. The van der Waals surface area contributed by atoms with Crippen molar-refractivity contribution in [3.63, 3.8) is 0 Å². The van der Waals surface area contributed by atoms with E-state index in [0.717, 1.165) is 18.4 Å². The largest absolute Gasteiger partial charge is 0.333 e. The van der Waals surface area contributed by atoms with Crippen LogP contribution in [0, 0.1) is 12.8 Å². The second-order valence-corrected chi connectivity index (χ2v) is 9.55. The van der Waals surface area contributed by atoms with E-state index in [9.17, 15) is 13.2 Å². The molecule has 0 atom stereocenters. The summed E-state index contributed by atoms with van der Waals surface area (Å²) in [5.74, 6) is 0.248. The van der Waals surface area contributed by atoms with Crippen LogP contribution in [0.3, 0.4) is 0 Å². The first-order chi connectivity index (χ1) is 11.6. The standard InChI is InChI=1S/C18H29N3O3S/c1-14-6-5-7-16(12-14)25(23,24)19-13-15-8-10-21(11-9-15)17(22)20-18(2,3)4/h5-7,12,15,19H,8-11,13H2,1-4H3,(H,20,22). The summed E-state index contributed by atoms with van der Waals surface area (Å²) in [6.45, 7) is 9.45. The summed E-state index contributed by atoms with van der Waals surface area (Å²) in [6.07, 6.45) is 1.60. The maximum absolute atomic E-state index is 12.4. The number of nitrogens with one attached hydrogen (secondary N) is 2. The molecule has 1 aromatic carbocycles. The average Bonchev–Trinajstić information content (AvgIpc) is 2.52. The molecule has 0 aliphatic carbocycles. The van der Waals surface area contributed by atoms with Crippen molar-refractivity contribution in [3.8, 4) is 0 Å². The molecule has 2 rings (SSSR count). The fourth-order valence-electron chi connectivity index (χ4n) is 2.83. The highest BCUT2D eigenvalue weighted by Crippen LogP contribution is 2.18. The quantitative estimate of drug-likeness (QED) is 0.858. The number of sulfonamides is 1. The van der Waals surface area contributed by atoms with E-state index in [1.54, 1.807) is 23.1 Å². The molecule has 0 spiro atoms. The molecule has 0 saturated carbocycles. The van der Waals surface area contributed by atoms with E-state index in [1.807, 2.05) is 33.8 Å². The van der Waals surface area contributed by atoms with Crippen molar-refractivity contribution in [1.29, 1.82) is 0 Å². The van der Waals surface area contributed by atoms with Gasteiger partial charge in [0.1, 0.15) is 0 Å². The number of hydrogen-bond donors (Lipinski definition) is 2. The van der Waals surface area contributed by atoms with E-state index in [1.165, 1.54) is 0 Å². The maximum Gasteiger partial charge on any atom is 0.317 e. The lowest BCUT2D eigenvalue weighted by Gasteiger charge is -2.34. The molecule has 0 unspecified atom stereocenters. The van der Waals surface area contributed by atoms with Gasteiger partial charge in [0.2, 0.25) is 10.0 Å². The molecule has 1 saturated heterocycles. The number of piperidine rings is 1. The first kappa shape index (κ1) is 19.7. The molecule has 0 bridgehead atoms. The third kappa shape index (κ3) is 6.01. The molecule has 0 radical (unpaired) electrons. The van der Waals surface area contributed by atoms with Crippen LogP contribution in [0.5, 0.6) is 0 Å². The fourth-order valence-corrected chi connectivity index (χ4v) is 4.05. The Morgan fingerprint density at radius 1 is 1.24 bits per heavy atom. The maximum atomic E-state index is 12.4. The summed E-state index contributed by atoms with van der Waals surface area (Å²) in [6, 6.07) is 6.84. The molecule has 7 heteroatoms. The lowest BCUT2D eigenvalue weighted by Crippen LogP contribution is -2.51. The molecule has 0 aromatic heterocycles. The van der Waals surface area contributed by atoms with Crippen molar-refractivity contribution in [1.82, 2.24) is 14.9 Å². The molecule has 140 valence electrons. The van der Waals surface area contributed by atoms with Crippen molar-refractivity contribution < 1.29 is 13.2 Å². The normalized spacial score (nSPS) is 16.7. The van der Waals surface area contributed by atoms with E-state index >= 15 is 0 Å². The topological polar surface area (TPSA) is 78.5 Å². The zero-order valence-electron chi connectivity index (χ0n) is 15.5. The average molecular weight is 368 g/mol. The molecule has 6 nitrogen and oxygen atoms in total. The number of carbonyl (C=O) groups excluding carboxylic acids is 1. The van der Waals surface area contributed by atoms with Gasteiger partial charge in [-0.3, -0.25) is 0 Å². The minimum Gasteiger partial charge on any atom is -0.333 e. The molecule has 1 heterocycles. The Morgan fingerprint density at radius 3 is 2.44 bits per heavy atom. The minimum atomic E-state index is -3.48. The fraction of sp³-hybridized carbons (Fsp3) is 0.611. The Bertz CT molecular complexity index is 703. The Kier molecular flexibility index (Phi) is 6.11. The predicted octanol–water partition coefficient (Wildman–Crippen LogP) is 2.49. The van der Waals surface area contributed by atoms with Crippen LogP contribution in [0.25, 0.3) is 0 Å². The van der Waals surface area contributed by atoms with Crippen LogP contribution in [-0.4, -0.2) is 44.5 Å². The van der Waals surface area contributed by atoms with Crippen molar-refractivity contribution in [3.05, 3.63) is 29.8 Å². The minimum absolute atomic E-state index is 0.0497. The van der Waals surface area contributed by atoms with Crippen molar-refractivity contribution in [2.24, 2.45) is 5.92 Å². The number of benzene rings is 1. The van der Waals surface area contributed by atoms with Crippen LogP contribution in [0.4, 0.5) is 4.79 Å². The van der Waals surface area contributed by atoms with Gasteiger partial charge >= 0.3 is 6.03 Å². The molecule has 1 aliphatic heterocycles. The van der Waals surface area contributed by atoms with Crippen molar-refractivity contribution >= 4 is 16.1 Å². The van der Waals surface area contributed by atoms with Gasteiger partial charge in [-0.05, 0) is 64.2 Å². The van der Waals surface area contributed by atoms with Gasteiger partial charge in [0, 0.05) is 25.2 Å². The van der Waals surface area contributed by atoms with Gasteiger partial charge in [-0.15, -0.1) is 0 Å². The van der Waals surface area contributed by atoms with Crippen LogP contribution >= 0.6 is 0 Å². The van der Waals surface area contributed by atoms with Crippen LogP contribution in [0.15, 0.2) is 29.2 Å². The van der Waals surface area contributed by atoms with E-state index in [2.05, 4.69) is 10.0 Å². The molecule has 1 fully saturated rings. The molecular formula is C18H29N3O3S. The Labute approximate surface area is 151 Å². The predicted molar refractivity (Wildman–Crippen MR) is 98.9 cm³/mol. The molecule has 2 N–H and O–H groups in total. The van der Waals surface area contributed by atoms with Gasteiger partial charge in [-0.1, -0.05) is 12.1 Å². The van der Waals surface area contributed by atoms with E-state index in [0.29, 0.717) is 24.5 Å². The number of amides is 2. The molecule has 25 heavy (non-hydrogen) atoms. The van der Waals surface area contributed by atoms with Gasteiger partial charge < -0.3 is 10.2 Å². The highest BCUT2D eigenvalue weighted by Gasteiger charge is 2.26. The third-order valence-corrected chi connectivity index (χ3v) is 5.67. The number of carbonyl (C=O) groups is 1. The van der Waals surface area contributed by atoms with Gasteiger partial charge in [-0.25, -0.2) is 17.9 Å². The Morgan fingerprint density at radius 2 is 1.88 bits per heavy atom. The number of rotatable bonds is 4. The summed E-state index contributed by atoms with van der Waals surface area (Å²) < 4.78 is 27.4. The van der Waals surface area contributed by atoms with Crippen molar-refractivity contribution in [2.45, 2.75) is 51.0 Å². The number of likely N-dealkylation sites (tertiary alicyclic amines) is 1. The van der Waals surface area contributed by atoms with Gasteiger partial charge in [0.25, 0.3) is 0 Å². The lowest BCUT2D eigenvalue weighted by molar-refractivity contribution is 0.163. The summed E-state index contributed by atoms with van der Waals surface area (Å²) in [5.41, 5.74) is 0.665. The monoisotopic (exact) mass is 367 g/mol. The third-order valence-electron chi connectivity index (χ3n) is 4.25.